The van der Waals surface area contributed by atoms with Gasteiger partial charge in [0, 0.05) is 13.0 Å². The highest BCUT2D eigenvalue weighted by Crippen LogP contribution is 2.07. The largest absolute Gasteiger partial charge is 0.396 e. The van der Waals surface area contributed by atoms with Crippen molar-refractivity contribution in [2.24, 2.45) is 0 Å². The number of aliphatic hydroxyl groups excluding tert-OH is 1. The van der Waals surface area contributed by atoms with Gasteiger partial charge in [0.1, 0.15) is 0 Å². The lowest BCUT2D eigenvalue weighted by Gasteiger charge is -2.31. The fraction of sp³-hybridized carbons (Fsp3) is 1.00. The molecule has 62 valence electrons. The molecule has 1 unspecified atom stereocenters. The van der Waals surface area contributed by atoms with E-state index in [1.165, 1.54) is 0 Å². The second-order valence-electron chi connectivity index (χ2n) is 3.83. The topological polar surface area (TPSA) is 20.2 Å². The van der Waals surface area contributed by atoms with E-state index < -0.39 is 0 Å². The number of quaternary nitrogens is 1. The third-order valence-electron chi connectivity index (χ3n) is 2.10. The molecule has 0 aliphatic rings. The molecule has 0 aromatic rings. The number of hydrogen-bond donors (Lipinski definition) is 1. The van der Waals surface area contributed by atoms with E-state index in [4.69, 9.17) is 5.11 Å². The molecule has 0 aromatic heterocycles. The highest BCUT2D eigenvalue weighted by Gasteiger charge is 2.16. The standard InChI is InChI=1S/C8H20NO/c1-8(6-5-7-10)9(2,3)4/h8,10H,5-7H2,1-4H3/q+1. The molecule has 0 aliphatic heterocycles. The van der Waals surface area contributed by atoms with Crippen LogP contribution in [-0.4, -0.2) is 43.4 Å². The van der Waals surface area contributed by atoms with Crippen LogP contribution in [0.4, 0.5) is 0 Å². The SMILES string of the molecule is CC(CCCO)[N+](C)(C)C. The van der Waals surface area contributed by atoms with Crippen molar-refractivity contribution in [1.82, 2.24) is 0 Å². The van der Waals surface area contributed by atoms with Gasteiger partial charge in [-0.2, -0.15) is 0 Å². The maximum absolute atomic E-state index is 8.57. The summed E-state index contributed by atoms with van der Waals surface area (Å²) >= 11 is 0. The van der Waals surface area contributed by atoms with E-state index in [2.05, 4.69) is 28.1 Å². The van der Waals surface area contributed by atoms with Crippen LogP contribution in [-0.2, 0) is 0 Å². The van der Waals surface area contributed by atoms with Crippen molar-refractivity contribution in [3.63, 3.8) is 0 Å². The van der Waals surface area contributed by atoms with Crippen LogP contribution in [0.25, 0.3) is 0 Å². The summed E-state index contributed by atoms with van der Waals surface area (Å²) in [7, 11) is 6.55. The third kappa shape index (κ3) is 3.85. The van der Waals surface area contributed by atoms with Crippen molar-refractivity contribution in [1.29, 1.82) is 0 Å². The zero-order valence-corrected chi connectivity index (χ0v) is 7.59. The van der Waals surface area contributed by atoms with Crippen LogP contribution >= 0.6 is 0 Å². The van der Waals surface area contributed by atoms with Crippen molar-refractivity contribution in [3.05, 3.63) is 0 Å². The lowest BCUT2D eigenvalue weighted by atomic mass is 10.1. The van der Waals surface area contributed by atoms with Crippen LogP contribution < -0.4 is 0 Å². The van der Waals surface area contributed by atoms with Crippen LogP contribution in [0.1, 0.15) is 19.8 Å². The zero-order valence-electron chi connectivity index (χ0n) is 7.59. The Morgan fingerprint density at radius 1 is 1.30 bits per heavy atom. The minimum Gasteiger partial charge on any atom is -0.396 e. The van der Waals surface area contributed by atoms with Gasteiger partial charge in [-0.25, -0.2) is 0 Å². The first-order valence-electron chi connectivity index (χ1n) is 3.90. The van der Waals surface area contributed by atoms with E-state index in [9.17, 15) is 0 Å². The molecule has 0 fully saturated rings. The summed E-state index contributed by atoms with van der Waals surface area (Å²) in [6.07, 6.45) is 2.04. The maximum Gasteiger partial charge on any atom is 0.0856 e. The number of rotatable bonds is 4. The smallest absolute Gasteiger partial charge is 0.0856 e. The van der Waals surface area contributed by atoms with Gasteiger partial charge < -0.3 is 9.59 Å². The van der Waals surface area contributed by atoms with E-state index >= 15 is 0 Å². The Morgan fingerprint density at radius 3 is 2.10 bits per heavy atom. The molecule has 1 atom stereocenters. The molecule has 0 amide bonds. The molecule has 0 rings (SSSR count). The fourth-order valence-electron chi connectivity index (χ4n) is 0.774. The number of nitrogens with zero attached hydrogens (tertiary/aromatic N) is 1. The zero-order chi connectivity index (χ0) is 8.20. The quantitative estimate of drug-likeness (QED) is 0.583. The Kier molecular flexibility index (Phi) is 3.91. The molecule has 0 heterocycles. The molecule has 1 N–H and O–H groups in total. The third-order valence-corrected chi connectivity index (χ3v) is 2.10. The second-order valence-corrected chi connectivity index (χ2v) is 3.83. The number of aliphatic hydroxyl groups is 1. The van der Waals surface area contributed by atoms with Gasteiger partial charge in [0.2, 0.25) is 0 Å². The molecule has 0 bridgehead atoms. The summed E-state index contributed by atoms with van der Waals surface area (Å²) < 4.78 is 0.986. The van der Waals surface area contributed by atoms with Gasteiger partial charge in [0.25, 0.3) is 0 Å². The summed E-state index contributed by atoms with van der Waals surface area (Å²) in [5.41, 5.74) is 0. The molecule has 0 radical (unpaired) electrons. The van der Waals surface area contributed by atoms with Crippen LogP contribution in [0.15, 0.2) is 0 Å². The summed E-state index contributed by atoms with van der Waals surface area (Å²) in [4.78, 5) is 0. The second kappa shape index (κ2) is 3.94. The summed E-state index contributed by atoms with van der Waals surface area (Å²) in [5, 5.41) is 8.57. The minimum atomic E-state index is 0.324. The van der Waals surface area contributed by atoms with Crippen LogP contribution in [0.3, 0.4) is 0 Å². The first-order valence-corrected chi connectivity index (χ1v) is 3.90. The van der Waals surface area contributed by atoms with E-state index in [0.717, 1.165) is 17.3 Å². The minimum absolute atomic E-state index is 0.324. The van der Waals surface area contributed by atoms with Crippen molar-refractivity contribution in [2.45, 2.75) is 25.8 Å². The lowest BCUT2D eigenvalue weighted by Crippen LogP contribution is -2.43. The van der Waals surface area contributed by atoms with Crippen LogP contribution in [0.2, 0.25) is 0 Å². The van der Waals surface area contributed by atoms with E-state index in [1.54, 1.807) is 0 Å². The van der Waals surface area contributed by atoms with Gasteiger partial charge >= 0.3 is 0 Å². The van der Waals surface area contributed by atoms with E-state index in [0.29, 0.717) is 12.6 Å². The molecule has 0 aromatic carbocycles. The monoisotopic (exact) mass is 146 g/mol. The van der Waals surface area contributed by atoms with Gasteiger partial charge in [0.05, 0.1) is 27.2 Å². The molecule has 0 saturated carbocycles. The molecule has 2 nitrogen and oxygen atoms in total. The van der Waals surface area contributed by atoms with Gasteiger partial charge in [-0.15, -0.1) is 0 Å². The molecule has 2 heteroatoms. The van der Waals surface area contributed by atoms with Crippen molar-refractivity contribution in [2.75, 3.05) is 27.7 Å². The average molecular weight is 146 g/mol. The predicted molar refractivity (Wildman–Crippen MR) is 43.8 cm³/mol. The van der Waals surface area contributed by atoms with Gasteiger partial charge in [-0.05, 0) is 13.3 Å². The first kappa shape index (κ1) is 9.92. The van der Waals surface area contributed by atoms with Gasteiger partial charge in [0.15, 0.2) is 0 Å². The fourth-order valence-corrected chi connectivity index (χ4v) is 0.774. The molecule has 10 heavy (non-hydrogen) atoms. The Balaban J connectivity index is 3.52. The van der Waals surface area contributed by atoms with Crippen molar-refractivity contribution in [3.8, 4) is 0 Å². The maximum atomic E-state index is 8.57. The van der Waals surface area contributed by atoms with E-state index in [-0.39, 0.29) is 0 Å². The van der Waals surface area contributed by atoms with Gasteiger partial charge in [-0.3, -0.25) is 0 Å². The van der Waals surface area contributed by atoms with Gasteiger partial charge in [-0.1, -0.05) is 0 Å². The molecule has 0 spiro atoms. The normalized spacial score (nSPS) is 15.3. The number of hydrogen-bond acceptors (Lipinski definition) is 1. The Labute approximate surface area is 64.1 Å². The van der Waals surface area contributed by atoms with Crippen molar-refractivity contribution < 1.29 is 9.59 Å². The predicted octanol–water partition coefficient (Wildman–Crippen LogP) is 0.854. The average Bonchev–Trinajstić information content (AvgIpc) is 1.80. The van der Waals surface area contributed by atoms with E-state index in [1.807, 2.05) is 0 Å². The Hall–Kier alpha value is -0.0800. The molecule has 0 aliphatic carbocycles. The first-order chi connectivity index (χ1) is 4.48. The molecular formula is C8H20NO+. The molecule has 0 saturated heterocycles. The van der Waals surface area contributed by atoms with Crippen molar-refractivity contribution >= 4 is 0 Å². The summed E-state index contributed by atoms with van der Waals surface area (Å²) in [6, 6.07) is 0.646. The summed E-state index contributed by atoms with van der Waals surface area (Å²) in [6.45, 7) is 2.54. The summed E-state index contributed by atoms with van der Waals surface area (Å²) in [5.74, 6) is 0. The Morgan fingerprint density at radius 2 is 1.80 bits per heavy atom. The highest BCUT2D eigenvalue weighted by molar-refractivity contribution is 4.48. The van der Waals surface area contributed by atoms with Crippen LogP contribution in [0.5, 0.6) is 0 Å². The lowest BCUT2D eigenvalue weighted by molar-refractivity contribution is -0.894. The van der Waals surface area contributed by atoms with Crippen LogP contribution in [0, 0.1) is 0 Å². The highest BCUT2D eigenvalue weighted by atomic mass is 16.2. The molecular weight excluding hydrogens is 126 g/mol. The Bertz CT molecular complexity index is 85.7.